The summed E-state index contributed by atoms with van der Waals surface area (Å²) in [5, 5.41) is 5.37. The fourth-order valence-corrected chi connectivity index (χ4v) is 4.04. The van der Waals surface area contributed by atoms with Crippen LogP contribution in [0.3, 0.4) is 0 Å². The van der Waals surface area contributed by atoms with E-state index in [1.165, 1.54) is 28.7 Å². The van der Waals surface area contributed by atoms with Crippen molar-refractivity contribution in [2.24, 2.45) is 0 Å². The number of hydrogen-bond donors (Lipinski definition) is 5. The number of carbonyl (C=O) groups excluding carboxylic acids is 1. The van der Waals surface area contributed by atoms with Crippen LogP contribution in [-0.2, 0) is 13.9 Å². The standard InChI is InChI=1S/C23H38O.C2H8O7P2.Na/c1-19(2)11-7-12-20(3)13-8-14-21(4)15-9-16-22(5)17-10-18-23(6)24;1-2(3,10(4,5)6)11(7,8)9;/h11,13,15,17H,7-10,12,14,16,18H2,1-6H3;3H,1H3,(H2,4,5,6)(H2,7,8,9);/q;;+1/b20-13+,21-15+,22-17+;;. The minimum atomic E-state index is -5.20. The van der Waals surface area contributed by atoms with Gasteiger partial charge in [-0.05, 0) is 93.4 Å². The Hall–Kier alpha value is -0.110. The van der Waals surface area contributed by atoms with E-state index >= 15 is 0 Å². The summed E-state index contributed by atoms with van der Waals surface area (Å²) in [7, 11) is -10.4. The summed E-state index contributed by atoms with van der Waals surface area (Å²) in [6.45, 7) is 13.0. The Balaban J connectivity index is -0.000000764. The summed E-state index contributed by atoms with van der Waals surface area (Å²) in [5.41, 5.74) is 5.80. The molecule has 0 rings (SSSR count). The van der Waals surface area contributed by atoms with Crippen LogP contribution in [0.15, 0.2) is 46.6 Å². The van der Waals surface area contributed by atoms with E-state index in [0.717, 1.165) is 38.5 Å². The molecule has 36 heavy (non-hydrogen) atoms. The van der Waals surface area contributed by atoms with Gasteiger partial charge in [-0.15, -0.1) is 0 Å². The van der Waals surface area contributed by atoms with Crippen LogP contribution in [-0.4, -0.2) is 35.5 Å². The van der Waals surface area contributed by atoms with Crippen LogP contribution in [0.5, 0.6) is 0 Å². The van der Waals surface area contributed by atoms with Crippen molar-refractivity contribution in [1.82, 2.24) is 0 Å². The minimum absolute atomic E-state index is 0. The van der Waals surface area contributed by atoms with Crippen LogP contribution in [0.2, 0.25) is 0 Å². The molecule has 8 nitrogen and oxygen atoms in total. The normalized spacial score (nSPS) is 13.4. The molecule has 0 saturated heterocycles. The van der Waals surface area contributed by atoms with Crippen LogP contribution in [0, 0.1) is 0 Å². The summed E-state index contributed by atoms with van der Waals surface area (Å²) < 4.78 is 20.5. The van der Waals surface area contributed by atoms with Crippen molar-refractivity contribution in [3.05, 3.63) is 46.6 Å². The van der Waals surface area contributed by atoms with Gasteiger partial charge >= 0.3 is 44.7 Å². The van der Waals surface area contributed by atoms with Gasteiger partial charge in [-0.25, -0.2) is 0 Å². The van der Waals surface area contributed by atoms with E-state index in [1.54, 1.807) is 6.92 Å². The van der Waals surface area contributed by atoms with Gasteiger partial charge in [-0.3, -0.25) is 9.13 Å². The van der Waals surface area contributed by atoms with E-state index in [-0.39, 0.29) is 35.3 Å². The topological polar surface area (TPSA) is 152 Å². The van der Waals surface area contributed by atoms with E-state index < -0.39 is 20.3 Å². The number of rotatable bonds is 14. The molecule has 0 fully saturated rings. The van der Waals surface area contributed by atoms with Crippen molar-refractivity contribution in [1.29, 1.82) is 0 Å². The zero-order valence-electron chi connectivity index (χ0n) is 23.3. The minimum Gasteiger partial charge on any atom is -0.368 e. The molecule has 0 saturated carbocycles. The summed E-state index contributed by atoms with van der Waals surface area (Å²) in [6, 6.07) is 0. The second-order valence-corrected chi connectivity index (χ2v) is 13.6. The fourth-order valence-electron chi connectivity index (χ4n) is 2.68. The Morgan fingerprint density at radius 2 is 0.917 bits per heavy atom. The first-order valence-electron chi connectivity index (χ1n) is 11.7. The molecule has 0 spiro atoms. The molecule has 0 aromatic heterocycles. The molecule has 0 aliphatic rings. The molecule has 0 aliphatic heterocycles. The maximum absolute atomic E-state index is 10.9. The van der Waals surface area contributed by atoms with E-state index in [0.29, 0.717) is 13.3 Å². The molecule has 0 unspecified atom stereocenters. The molecule has 0 bridgehead atoms. The molecule has 0 radical (unpaired) electrons. The second-order valence-electron chi connectivity index (χ2n) is 9.35. The fraction of sp³-hybridized carbons (Fsp3) is 0.640. The molecule has 0 aromatic carbocycles. The quantitative estimate of drug-likeness (QED) is 0.123. The van der Waals surface area contributed by atoms with Crippen molar-refractivity contribution in [3.63, 3.8) is 0 Å². The third-order valence-corrected chi connectivity index (χ3v) is 9.02. The smallest absolute Gasteiger partial charge is 0.368 e. The maximum atomic E-state index is 10.9. The molecule has 0 aromatic rings. The van der Waals surface area contributed by atoms with Crippen molar-refractivity contribution >= 4 is 21.0 Å². The Morgan fingerprint density at radius 1 is 0.639 bits per heavy atom. The van der Waals surface area contributed by atoms with E-state index in [1.807, 2.05) is 0 Å². The monoisotopic (exact) mass is 559 g/mol. The average Bonchev–Trinajstić information content (AvgIpc) is 2.66. The van der Waals surface area contributed by atoms with E-state index in [2.05, 4.69) is 58.9 Å². The maximum Gasteiger partial charge on any atom is 1.00 e. The van der Waals surface area contributed by atoms with Gasteiger partial charge in [0, 0.05) is 6.42 Å². The van der Waals surface area contributed by atoms with Gasteiger partial charge in [0.15, 0.2) is 0 Å². The molecule has 0 aliphatic carbocycles. The molecule has 204 valence electrons. The van der Waals surface area contributed by atoms with Gasteiger partial charge in [-0.2, -0.15) is 0 Å². The average molecular weight is 560 g/mol. The van der Waals surface area contributed by atoms with Gasteiger partial charge in [0.25, 0.3) is 5.08 Å². The Morgan fingerprint density at radius 3 is 1.14 bits per heavy atom. The Kier molecular flexibility index (Phi) is 22.3. The molecular formula is C25H46NaO8P2+. The molecule has 0 atom stereocenters. The Bertz CT molecular complexity index is 848. The summed E-state index contributed by atoms with van der Waals surface area (Å²) in [6.07, 6.45) is 17.7. The number of aliphatic hydroxyl groups is 1. The third kappa shape index (κ3) is 20.9. The molecule has 0 heterocycles. The first-order valence-corrected chi connectivity index (χ1v) is 15.0. The number of Topliss-reactive ketones (excluding diaryl/α,β-unsaturated/α-hetero) is 1. The SMILES string of the molecule is CC(=O)CC/C=C(\C)CC/C=C(\C)CC/C=C(\C)CCC=C(C)C.CC(O)(P(=O)(O)O)P(=O)(O)O.[Na+]. The van der Waals surface area contributed by atoms with Crippen molar-refractivity contribution in [2.45, 2.75) is 105 Å². The predicted molar refractivity (Wildman–Crippen MR) is 143 cm³/mol. The number of allylic oxidation sites excluding steroid dienone is 8. The zero-order valence-corrected chi connectivity index (χ0v) is 27.1. The first kappa shape index (κ1) is 40.4. The van der Waals surface area contributed by atoms with Crippen LogP contribution in [0.1, 0.15) is 99.8 Å². The zero-order chi connectivity index (χ0) is 27.9. The second kappa shape index (κ2) is 19.9. The van der Waals surface area contributed by atoms with Crippen LogP contribution >= 0.6 is 15.2 Å². The first-order chi connectivity index (χ1) is 15.8. The van der Waals surface area contributed by atoms with Crippen LogP contribution in [0.4, 0.5) is 0 Å². The van der Waals surface area contributed by atoms with Gasteiger partial charge in [0.05, 0.1) is 0 Å². The number of hydrogen-bond acceptors (Lipinski definition) is 4. The molecule has 0 amide bonds. The summed E-state index contributed by atoms with van der Waals surface area (Å²) >= 11 is 0. The molecular weight excluding hydrogens is 513 g/mol. The van der Waals surface area contributed by atoms with Crippen LogP contribution < -0.4 is 29.6 Å². The largest absolute Gasteiger partial charge is 1.00 e. The van der Waals surface area contributed by atoms with Gasteiger partial charge in [0.1, 0.15) is 5.78 Å². The Labute approximate surface area is 239 Å². The van der Waals surface area contributed by atoms with Gasteiger partial charge in [-0.1, -0.05) is 46.6 Å². The van der Waals surface area contributed by atoms with Crippen molar-refractivity contribution < 1.29 is 68.2 Å². The van der Waals surface area contributed by atoms with Crippen molar-refractivity contribution in [3.8, 4) is 0 Å². The number of carbonyl (C=O) groups is 1. The van der Waals surface area contributed by atoms with Crippen LogP contribution in [0.25, 0.3) is 0 Å². The van der Waals surface area contributed by atoms with E-state index in [9.17, 15) is 13.9 Å². The van der Waals surface area contributed by atoms with Gasteiger partial charge < -0.3 is 29.5 Å². The van der Waals surface area contributed by atoms with E-state index in [4.69, 9.17) is 24.7 Å². The molecule has 5 N–H and O–H groups in total. The van der Waals surface area contributed by atoms with Gasteiger partial charge in [0.2, 0.25) is 0 Å². The summed E-state index contributed by atoms with van der Waals surface area (Å²) in [5.74, 6) is 0.277. The van der Waals surface area contributed by atoms with Crippen molar-refractivity contribution in [2.75, 3.05) is 0 Å². The molecule has 11 heteroatoms. The summed E-state index contributed by atoms with van der Waals surface area (Å²) in [4.78, 5) is 43.9. The predicted octanol–water partition coefficient (Wildman–Crippen LogP) is 3.51. The number of ketones is 1. The third-order valence-electron chi connectivity index (χ3n) is 5.25.